The summed E-state index contributed by atoms with van der Waals surface area (Å²) in [6.45, 7) is 3.15. The third kappa shape index (κ3) is 8.69. The van der Waals surface area contributed by atoms with Crippen molar-refractivity contribution in [1.29, 1.82) is 0 Å². The van der Waals surface area contributed by atoms with Gasteiger partial charge in [0.05, 0.1) is 24.4 Å². The number of methoxy groups -OCH3 is 1. The van der Waals surface area contributed by atoms with Crippen LogP contribution in [0.1, 0.15) is 27.0 Å². The summed E-state index contributed by atoms with van der Waals surface area (Å²) in [5.74, 6) is 0.216. The number of carboxylic acid groups (broad SMARTS) is 1. The van der Waals surface area contributed by atoms with Gasteiger partial charge in [-0.25, -0.2) is 9.78 Å². The summed E-state index contributed by atoms with van der Waals surface area (Å²) in [6, 6.07) is 8.45. The molecule has 0 atom stereocenters. The van der Waals surface area contributed by atoms with Crippen molar-refractivity contribution in [1.82, 2.24) is 14.9 Å². The molecule has 4 rings (SSSR count). The van der Waals surface area contributed by atoms with Crippen molar-refractivity contribution in [3.63, 3.8) is 0 Å². The first kappa shape index (κ1) is 32.4. The number of ether oxygens (including phenoxy) is 2. The molecule has 0 bridgehead atoms. The van der Waals surface area contributed by atoms with Crippen LogP contribution >= 0.6 is 0 Å². The molecule has 0 amide bonds. The van der Waals surface area contributed by atoms with Gasteiger partial charge in [-0.15, -0.1) is 6.54 Å². The number of nitrogens with zero attached hydrogens (tertiary/aromatic N) is 5. The maximum absolute atomic E-state index is 12.4. The predicted molar refractivity (Wildman–Crippen MR) is 141 cm³/mol. The Morgan fingerprint density at radius 3 is 2.05 bits per heavy atom. The van der Waals surface area contributed by atoms with Crippen LogP contribution in [0.15, 0.2) is 48.7 Å². The highest BCUT2D eigenvalue weighted by molar-refractivity contribution is 5.90. The molecule has 1 aliphatic rings. The van der Waals surface area contributed by atoms with E-state index in [4.69, 9.17) is 9.47 Å². The molecule has 3 aromatic rings. The third-order valence-electron chi connectivity index (χ3n) is 6.02. The molecule has 1 saturated heterocycles. The lowest BCUT2D eigenvalue weighted by Crippen LogP contribution is -2.45. The molecule has 1 N–H and O–H groups in total. The predicted octanol–water partition coefficient (Wildman–Crippen LogP) is 5.96. The van der Waals surface area contributed by atoms with Gasteiger partial charge in [-0.2, -0.15) is 38.4 Å². The molecule has 2 heterocycles. The SMILES string of the molecule is COc1ccccc1Oc1nc(N2CCN(C)CC2)ncc1C(=O)O.C[N-]Cc1cc(C(F)(F)F)cc(C(F)(F)F)c1. The number of aromatic carboxylic acids is 1. The number of hydrogen-bond acceptors (Lipinski definition) is 7. The standard InChI is InChI=1S/C17H20N4O4.C10H8F6N/c1-20-7-9-21(10-8-20)17-18-11-12(16(22)23)15(19-17)25-14-6-4-3-5-13(14)24-2;1-17-5-6-2-7(9(11,12)13)4-8(3-6)10(14,15)16/h3-6,11H,7-10H2,1-2H3,(H,22,23);2-4H,5H2,1H3/q;-1. The van der Waals surface area contributed by atoms with E-state index in [1.54, 1.807) is 24.3 Å². The number of likely N-dealkylation sites (N-methyl/N-ethyl adjacent to an activating group) is 1. The lowest BCUT2D eigenvalue weighted by atomic mass is 10.0. The molecule has 1 fully saturated rings. The van der Waals surface area contributed by atoms with Crippen LogP contribution in [-0.2, 0) is 18.9 Å². The fourth-order valence-electron chi connectivity index (χ4n) is 3.84. The highest BCUT2D eigenvalue weighted by Crippen LogP contribution is 2.36. The molecule has 0 unspecified atom stereocenters. The summed E-state index contributed by atoms with van der Waals surface area (Å²) in [5.41, 5.74) is -2.84. The summed E-state index contributed by atoms with van der Waals surface area (Å²) in [4.78, 5) is 24.3. The average Bonchev–Trinajstić information content (AvgIpc) is 2.93. The Morgan fingerprint density at radius 1 is 0.976 bits per heavy atom. The van der Waals surface area contributed by atoms with Crippen LogP contribution in [-0.4, -0.2) is 73.3 Å². The van der Waals surface area contributed by atoms with Crippen LogP contribution in [0.3, 0.4) is 0 Å². The van der Waals surface area contributed by atoms with E-state index in [1.807, 2.05) is 4.90 Å². The Hall–Kier alpha value is -4.11. The second-order valence-corrected chi connectivity index (χ2v) is 9.13. The minimum Gasteiger partial charge on any atom is -0.661 e. The molecule has 2 aromatic carbocycles. The molecular formula is C27H28F6N5O4-. The van der Waals surface area contributed by atoms with Gasteiger partial charge in [-0.3, -0.25) is 0 Å². The second-order valence-electron chi connectivity index (χ2n) is 9.13. The van der Waals surface area contributed by atoms with Gasteiger partial charge >= 0.3 is 18.3 Å². The van der Waals surface area contributed by atoms with E-state index in [-0.39, 0.29) is 29.6 Å². The Bertz CT molecular complexity index is 1330. The van der Waals surface area contributed by atoms with Crippen molar-refractivity contribution >= 4 is 11.9 Å². The van der Waals surface area contributed by atoms with Crippen LogP contribution in [0.5, 0.6) is 17.4 Å². The number of para-hydroxylation sites is 2. The first-order chi connectivity index (χ1) is 19.7. The van der Waals surface area contributed by atoms with E-state index in [2.05, 4.69) is 27.2 Å². The second kappa shape index (κ2) is 13.7. The number of halogens is 6. The molecule has 9 nitrogen and oxygen atoms in total. The molecule has 0 saturated carbocycles. The van der Waals surface area contributed by atoms with Gasteiger partial charge < -0.3 is 29.7 Å². The highest BCUT2D eigenvalue weighted by Gasteiger charge is 2.36. The monoisotopic (exact) mass is 600 g/mol. The number of piperazine rings is 1. The zero-order valence-electron chi connectivity index (χ0n) is 22.8. The van der Waals surface area contributed by atoms with E-state index in [9.17, 15) is 36.2 Å². The van der Waals surface area contributed by atoms with Gasteiger partial charge in [0.1, 0.15) is 5.56 Å². The van der Waals surface area contributed by atoms with Crippen LogP contribution in [0.2, 0.25) is 0 Å². The van der Waals surface area contributed by atoms with Crippen LogP contribution in [0.4, 0.5) is 32.3 Å². The Labute approximate surface area is 237 Å². The minimum atomic E-state index is -4.80. The van der Waals surface area contributed by atoms with Gasteiger partial charge in [0, 0.05) is 26.2 Å². The Balaban J connectivity index is 0.000000250. The largest absolute Gasteiger partial charge is 0.661 e. The van der Waals surface area contributed by atoms with Gasteiger partial charge in [0.2, 0.25) is 11.8 Å². The zero-order chi connectivity index (χ0) is 31.1. The first-order valence-electron chi connectivity index (χ1n) is 12.4. The molecule has 0 radical (unpaired) electrons. The van der Waals surface area contributed by atoms with Crippen molar-refractivity contribution in [2.75, 3.05) is 52.3 Å². The summed E-state index contributed by atoms with van der Waals surface area (Å²) in [7, 11) is 4.89. The van der Waals surface area contributed by atoms with Crippen LogP contribution in [0.25, 0.3) is 5.32 Å². The number of rotatable bonds is 7. The molecular weight excluding hydrogens is 572 g/mol. The van der Waals surface area contributed by atoms with Crippen molar-refractivity contribution < 1.29 is 45.7 Å². The number of hydrogen-bond donors (Lipinski definition) is 1. The molecule has 0 aliphatic carbocycles. The third-order valence-corrected chi connectivity index (χ3v) is 6.02. The number of aromatic nitrogens is 2. The number of carbonyl (C=O) groups is 1. The van der Waals surface area contributed by atoms with E-state index in [1.165, 1.54) is 20.4 Å². The Kier molecular flexibility index (Phi) is 10.6. The van der Waals surface area contributed by atoms with Crippen LogP contribution < -0.4 is 14.4 Å². The zero-order valence-corrected chi connectivity index (χ0v) is 22.8. The van der Waals surface area contributed by atoms with Crippen molar-refractivity contribution in [3.8, 4) is 17.4 Å². The highest BCUT2D eigenvalue weighted by atomic mass is 19.4. The minimum absolute atomic E-state index is 0.000859. The molecule has 1 aromatic heterocycles. The van der Waals surface area contributed by atoms with E-state index in [0.717, 1.165) is 26.2 Å². The molecule has 15 heteroatoms. The normalized spacial score (nSPS) is 14.2. The van der Waals surface area contributed by atoms with Crippen molar-refractivity contribution in [3.05, 3.63) is 76.2 Å². The quantitative estimate of drug-likeness (QED) is 0.332. The van der Waals surface area contributed by atoms with E-state index < -0.39 is 29.4 Å². The molecule has 228 valence electrons. The lowest BCUT2D eigenvalue weighted by Gasteiger charge is -2.32. The van der Waals surface area contributed by atoms with Crippen molar-refractivity contribution in [2.45, 2.75) is 18.9 Å². The smallest absolute Gasteiger partial charge is 0.416 e. The number of anilines is 1. The maximum atomic E-state index is 12.4. The maximum Gasteiger partial charge on any atom is 0.416 e. The fourth-order valence-corrected chi connectivity index (χ4v) is 3.84. The van der Waals surface area contributed by atoms with E-state index in [0.29, 0.717) is 29.6 Å². The topological polar surface area (TPSA) is 102 Å². The van der Waals surface area contributed by atoms with Gasteiger partial charge in [-0.05, 0) is 37.4 Å². The Morgan fingerprint density at radius 2 is 1.55 bits per heavy atom. The summed E-state index contributed by atoms with van der Waals surface area (Å²) in [5, 5.41) is 12.9. The number of alkyl halides is 6. The summed E-state index contributed by atoms with van der Waals surface area (Å²) >= 11 is 0. The van der Waals surface area contributed by atoms with Gasteiger partial charge in [0.25, 0.3) is 0 Å². The number of carboxylic acids is 1. The molecule has 0 spiro atoms. The van der Waals surface area contributed by atoms with Crippen LogP contribution in [0, 0.1) is 0 Å². The van der Waals surface area contributed by atoms with Gasteiger partial charge in [0.15, 0.2) is 11.5 Å². The lowest BCUT2D eigenvalue weighted by molar-refractivity contribution is -0.143. The number of benzene rings is 2. The average molecular weight is 601 g/mol. The van der Waals surface area contributed by atoms with Crippen molar-refractivity contribution in [2.24, 2.45) is 0 Å². The molecule has 42 heavy (non-hydrogen) atoms. The fraction of sp³-hybridized carbons (Fsp3) is 0.370. The van der Waals surface area contributed by atoms with Gasteiger partial charge in [-0.1, -0.05) is 17.7 Å². The first-order valence-corrected chi connectivity index (χ1v) is 12.4. The summed E-state index contributed by atoms with van der Waals surface area (Å²) in [6.07, 6.45) is -8.32. The summed E-state index contributed by atoms with van der Waals surface area (Å²) < 4.78 is 85.3. The molecule has 1 aliphatic heterocycles. The van der Waals surface area contributed by atoms with E-state index >= 15 is 0 Å².